The first-order valence-electron chi connectivity index (χ1n) is 6.53. The number of hydrogen-bond acceptors (Lipinski definition) is 5. The molecule has 0 aliphatic heterocycles. The summed E-state index contributed by atoms with van der Waals surface area (Å²) >= 11 is 6.44. The minimum Gasteiger partial charge on any atom is -0.462 e. The van der Waals surface area contributed by atoms with Gasteiger partial charge in [-0.15, -0.1) is 0 Å². The third-order valence-corrected chi connectivity index (χ3v) is 4.63. The van der Waals surface area contributed by atoms with Crippen molar-refractivity contribution in [3.05, 3.63) is 22.5 Å². The van der Waals surface area contributed by atoms with E-state index in [9.17, 15) is 9.59 Å². The molecule has 0 aliphatic rings. The van der Waals surface area contributed by atoms with Gasteiger partial charge in [-0.25, -0.2) is 4.79 Å². The lowest BCUT2D eigenvalue weighted by molar-refractivity contribution is 0.0525. The van der Waals surface area contributed by atoms with Gasteiger partial charge in [0.05, 0.1) is 23.6 Å². The van der Waals surface area contributed by atoms with Crippen LogP contribution in [0, 0.1) is 13.8 Å². The van der Waals surface area contributed by atoms with Crippen LogP contribution >= 0.6 is 24.0 Å². The zero-order valence-corrected chi connectivity index (χ0v) is 14.5. The molecule has 0 atom stereocenters. The third kappa shape index (κ3) is 4.31. The Morgan fingerprint density at radius 3 is 2.48 bits per heavy atom. The summed E-state index contributed by atoms with van der Waals surface area (Å²) < 4.78 is 5.66. The smallest absolute Gasteiger partial charge is 0.340 e. The normalized spacial score (nSPS) is 10.3. The highest BCUT2D eigenvalue weighted by molar-refractivity contribution is 8.23. The summed E-state index contributed by atoms with van der Waals surface area (Å²) in [5, 5.41) is 0. The van der Waals surface area contributed by atoms with Crippen molar-refractivity contribution in [2.75, 3.05) is 26.5 Å². The van der Waals surface area contributed by atoms with E-state index in [1.54, 1.807) is 25.7 Å². The highest BCUT2D eigenvalue weighted by Gasteiger charge is 2.22. The lowest BCUT2D eigenvalue weighted by Crippen LogP contribution is -2.18. The Hall–Kier alpha value is -1.34. The molecule has 116 valence electrons. The largest absolute Gasteiger partial charge is 0.462 e. The summed E-state index contributed by atoms with van der Waals surface area (Å²) in [6, 6.07) is 0. The van der Waals surface area contributed by atoms with Crippen LogP contribution in [0.4, 0.5) is 0 Å². The van der Waals surface area contributed by atoms with E-state index in [1.165, 1.54) is 11.8 Å². The summed E-state index contributed by atoms with van der Waals surface area (Å²) in [5.41, 5.74) is 2.17. The first kappa shape index (κ1) is 17.7. The van der Waals surface area contributed by atoms with E-state index < -0.39 is 5.97 Å². The number of nitrogens with one attached hydrogen (secondary N) is 1. The molecule has 7 heteroatoms. The number of thiocarbonyl (C=S) groups is 1. The van der Waals surface area contributed by atoms with Crippen molar-refractivity contribution in [3.8, 4) is 0 Å². The minimum atomic E-state index is -0.403. The summed E-state index contributed by atoms with van der Waals surface area (Å²) in [5.74, 6) is -0.250. The molecule has 0 saturated heterocycles. The van der Waals surface area contributed by atoms with Crippen LogP contribution in [0.5, 0.6) is 0 Å². The van der Waals surface area contributed by atoms with Crippen molar-refractivity contribution in [3.63, 3.8) is 0 Å². The highest BCUT2D eigenvalue weighted by Crippen LogP contribution is 2.21. The first-order chi connectivity index (χ1) is 9.79. The molecule has 0 unspecified atom stereocenters. The predicted molar refractivity (Wildman–Crippen MR) is 89.3 cm³/mol. The Bertz CT molecular complexity index is 565. The first-order valence-corrected chi connectivity index (χ1v) is 7.92. The van der Waals surface area contributed by atoms with Crippen molar-refractivity contribution in [2.45, 2.75) is 20.8 Å². The van der Waals surface area contributed by atoms with Gasteiger partial charge in [0, 0.05) is 19.8 Å². The van der Waals surface area contributed by atoms with Gasteiger partial charge in [0.1, 0.15) is 4.32 Å². The Morgan fingerprint density at radius 2 is 1.95 bits per heavy atom. The van der Waals surface area contributed by atoms with Gasteiger partial charge in [-0.05, 0) is 26.3 Å². The molecule has 0 saturated carbocycles. The monoisotopic (exact) mass is 328 g/mol. The summed E-state index contributed by atoms with van der Waals surface area (Å²) in [6.45, 7) is 5.56. The van der Waals surface area contributed by atoms with Gasteiger partial charge < -0.3 is 14.6 Å². The molecule has 1 rings (SSSR count). The van der Waals surface area contributed by atoms with E-state index in [0.29, 0.717) is 33.4 Å². The Kier molecular flexibility index (Phi) is 6.42. The lowest BCUT2D eigenvalue weighted by Gasteiger charge is -2.11. The van der Waals surface area contributed by atoms with Crippen LogP contribution in [-0.2, 0) is 4.74 Å². The maximum atomic E-state index is 12.3. The molecular weight excluding hydrogens is 308 g/mol. The van der Waals surface area contributed by atoms with Crippen LogP contribution in [0.25, 0.3) is 0 Å². The summed E-state index contributed by atoms with van der Waals surface area (Å²) in [4.78, 5) is 28.9. The van der Waals surface area contributed by atoms with E-state index >= 15 is 0 Å². The predicted octanol–water partition coefficient (Wildman–Crippen LogP) is 2.57. The van der Waals surface area contributed by atoms with Gasteiger partial charge in [-0.2, -0.15) is 0 Å². The second-order valence-electron chi connectivity index (χ2n) is 4.72. The lowest BCUT2D eigenvalue weighted by atomic mass is 10.1. The number of aryl methyl sites for hydroxylation is 1. The quantitative estimate of drug-likeness (QED) is 0.509. The summed E-state index contributed by atoms with van der Waals surface area (Å²) in [6.07, 6.45) is 0. The van der Waals surface area contributed by atoms with E-state index in [0.717, 1.165) is 0 Å². The fraction of sp³-hybridized carbons (Fsp3) is 0.500. The number of aromatic nitrogens is 1. The SMILES string of the molecule is CCOC(=O)c1c(C)[nH]c(C(=O)CSC(=S)N(C)C)c1C. The van der Waals surface area contributed by atoms with Crippen LogP contribution in [0.1, 0.15) is 39.0 Å². The molecule has 0 aromatic carbocycles. The average Bonchev–Trinajstić information content (AvgIpc) is 2.71. The van der Waals surface area contributed by atoms with Crippen molar-refractivity contribution < 1.29 is 14.3 Å². The Morgan fingerprint density at radius 1 is 1.33 bits per heavy atom. The average molecular weight is 328 g/mol. The standard InChI is InChI=1S/C14H20N2O3S2/c1-6-19-13(18)11-8(2)12(15-9(11)3)10(17)7-21-14(20)16(4)5/h15H,6-7H2,1-5H3. The summed E-state index contributed by atoms with van der Waals surface area (Å²) in [7, 11) is 3.67. The second-order valence-corrected chi connectivity index (χ2v) is 6.33. The van der Waals surface area contributed by atoms with E-state index in [2.05, 4.69) is 4.98 Å². The van der Waals surface area contributed by atoms with Gasteiger partial charge in [0.15, 0.2) is 5.78 Å². The highest BCUT2D eigenvalue weighted by atomic mass is 32.2. The topological polar surface area (TPSA) is 62.4 Å². The molecule has 0 bridgehead atoms. The molecule has 0 spiro atoms. The number of carbonyl (C=O) groups excluding carboxylic acids is 2. The number of Topliss-reactive ketones (excluding diaryl/α,β-unsaturated/α-hetero) is 1. The van der Waals surface area contributed by atoms with Gasteiger partial charge in [0.25, 0.3) is 0 Å². The molecular formula is C14H20N2O3S2. The maximum Gasteiger partial charge on any atom is 0.340 e. The number of hydrogen-bond donors (Lipinski definition) is 1. The van der Waals surface area contributed by atoms with Crippen molar-refractivity contribution in [2.24, 2.45) is 0 Å². The number of ether oxygens (including phenoxy) is 1. The molecule has 1 heterocycles. The number of nitrogens with zero attached hydrogens (tertiary/aromatic N) is 1. The fourth-order valence-electron chi connectivity index (χ4n) is 1.87. The van der Waals surface area contributed by atoms with Crippen LogP contribution < -0.4 is 0 Å². The molecule has 1 N–H and O–H groups in total. The van der Waals surface area contributed by atoms with Crippen LogP contribution in [0.3, 0.4) is 0 Å². The van der Waals surface area contributed by atoms with Crippen LogP contribution in [-0.4, -0.2) is 52.4 Å². The van der Waals surface area contributed by atoms with Gasteiger partial charge in [-0.1, -0.05) is 24.0 Å². The number of ketones is 1. The van der Waals surface area contributed by atoms with Crippen molar-refractivity contribution >= 4 is 40.1 Å². The molecule has 0 aliphatic carbocycles. The molecule has 5 nitrogen and oxygen atoms in total. The molecule has 0 amide bonds. The Balaban J connectivity index is 2.89. The number of rotatable bonds is 5. The Labute approximate surface area is 134 Å². The number of esters is 1. The number of H-pyrrole nitrogens is 1. The van der Waals surface area contributed by atoms with Crippen molar-refractivity contribution in [1.29, 1.82) is 0 Å². The molecule has 1 aromatic rings. The van der Waals surface area contributed by atoms with Gasteiger partial charge in [-0.3, -0.25) is 4.79 Å². The maximum absolute atomic E-state index is 12.3. The second kappa shape index (κ2) is 7.61. The van der Waals surface area contributed by atoms with E-state index in [1.807, 2.05) is 14.1 Å². The van der Waals surface area contributed by atoms with Crippen LogP contribution in [0.15, 0.2) is 0 Å². The number of thioether (sulfide) groups is 1. The fourth-order valence-corrected chi connectivity index (χ4v) is 2.70. The zero-order valence-electron chi connectivity index (χ0n) is 12.9. The number of carbonyl (C=O) groups is 2. The van der Waals surface area contributed by atoms with E-state index in [-0.39, 0.29) is 11.5 Å². The van der Waals surface area contributed by atoms with E-state index in [4.69, 9.17) is 17.0 Å². The van der Waals surface area contributed by atoms with Crippen molar-refractivity contribution in [1.82, 2.24) is 9.88 Å². The van der Waals surface area contributed by atoms with Gasteiger partial charge >= 0.3 is 5.97 Å². The van der Waals surface area contributed by atoms with Crippen LogP contribution in [0.2, 0.25) is 0 Å². The minimum absolute atomic E-state index is 0.0830. The zero-order chi connectivity index (χ0) is 16.2. The third-order valence-electron chi connectivity index (χ3n) is 2.89. The number of aromatic amines is 1. The molecule has 21 heavy (non-hydrogen) atoms. The molecule has 1 aromatic heterocycles. The van der Waals surface area contributed by atoms with Gasteiger partial charge in [0.2, 0.25) is 0 Å². The molecule has 0 radical (unpaired) electrons. The molecule has 0 fully saturated rings.